The first-order valence-electron chi connectivity index (χ1n) is 6.43. The van der Waals surface area contributed by atoms with Crippen LogP contribution < -0.4 is 5.32 Å². The molecule has 1 aromatic carbocycles. The average molecular weight is 231 g/mol. The summed E-state index contributed by atoms with van der Waals surface area (Å²) in [5.74, 6) is 0.185. The highest BCUT2D eigenvalue weighted by Crippen LogP contribution is 2.34. The second-order valence-corrected chi connectivity index (χ2v) is 5.49. The van der Waals surface area contributed by atoms with Gasteiger partial charge in [-0.25, -0.2) is 0 Å². The van der Waals surface area contributed by atoms with Crippen LogP contribution in [-0.2, 0) is 16.8 Å². The van der Waals surface area contributed by atoms with Crippen molar-refractivity contribution in [1.29, 1.82) is 0 Å². The molecule has 1 aliphatic carbocycles. The maximum atomic E-state index is 11.9. The number of hydrogen-bond acceptors (Lipinski definition) is 1. The summed E-state index contributed by atoms with van der Waals surface area (Å²) in [7, 11) is 0. The predicted octanol–water partition coefficient (Wildman–Crippen LogP) is 3.01. The van der Waals surface area contributed by atoms with E-state index in [0.717, 1.165) is 19.3 Å². The maximum Gasteiger partial charge on any atom is 0.223 e. The Balaban J connectivity index is 2.30. The summed E-state index contributed by atoms with van der Waals surface area (Å²) in [6.07, 6.45) is 3.30. The lowest BCUT2D eigenvalue weighted by Crippen LogP contribution is -2.47. The van der Waals surface area contributed by atoms with Crippen LogP contribution in [0.2, 0.25) is 0 Å². The van der Waals surface area contributed by atoms with Crippen LogP contribution in [0.15, 0.2) is 24.3 Å². The molecule has 0 bridgehead atoms. The highest BCUT2D eigenvalue weighted by molar-refractivity contribution is 5.79. The number of carbonyl (C=O) groups is 1. The smallest absolute Gasteiger partial charge is 0.223 e. The second-order valence-electron chi connectivity index (χ2n) is 5.49. The molecule has 92 valence electrons. The molecule has 1 amide bonds. The molecule has 0 aliphatic heterocycles. The highest BCUT2D eigenvalue weighted by Gasteiger charge is 2.33. The molecule has 0 saturated heterocycles. The summed E-state index contributed by atoms with van der Waals surface area (Å²) in [5, 5.41) is 3.21. The van der Waals surface area contributed by atoms with Crippen molar-refractivity contribution in [2.75, 3.05) is 0 Å². The van der Waals surface area contributed by atoms with Crippen molar-refractivity contribution in [2.45, 2.75) is 45.6 Å². The molecule has 1 N–H and O–H groups in total. The van der Waals surface area contributed by atoms with Crippen LogP contribution in [0.3, 0.4) is 0 Å². The minimum absolute atomic E-state index is 0.0425. The van der Waals surface area contributed by atoms with Crippen molar-refractivity contribution in [3.05, 3.63) is 35.4 Å². The number of rotatable bonds is 2. The Kier molecular flexibility index (Phi) is 3.23. The van der Waals surface area contributed by atoms with Gasteiger partial charge >= 0.3 is 0 Å². The van der Waals surface area contributed by atoms with Gasteiger partial charge in [0.05, 0.1) is 5.54 Å². The van der Waals surface area contributed by atoms with Crippen molar-refractivity contribution in [2.24, 2.45) is 5.92 Å². The third-order valence-electron chi connectivity index (χ3n) is 3.66. The van der Waals surface area contributed by atoms with Gasteiger partial charge in [0.25, 0.3) is 0 Å². The molecule has 0 heterocycles. The lowest BCUT2D eigenvalue weighted by atomic mass is 9.77. The Labute approximate surface area is 103 Å². The molecule has 0 radical (unpaired) electrons. The van der Waals surface area contributed by atoms with Gasteiger partial charge in [-0.2, -0.15) is 0 Å². The van der Waals surface area contributed by atoms with Crippen LogP contribution in [-0.4, -0.2) is 5.91 Å². The number of benzene rings is 1. The van der Waals surface area contributed by atoms with Crippen LogP contribution >= 0.6 is 0 Å². The standard InChI is InChI=1S/C15H21NO/c1-11(2)14(17)16-15(3)10-6-8-12-7-4-5-9-13(12)15/h4-5,7,9,11H,6,8,10H2,1-3H3,(H,16,17). The van der Waals surface area contributed by atoms with E-state index in [-0.39, 0.29) is 17.4 Å². The Morgan fingerprint density at radius 1 is 1.35 bits per heavy atom. The number of hydrogen-bond donors (Lipinski definition) is 1. The van der Waals surface area contributed by atoms with Gasteiger partial charge in [-0.05, 0) is 37.3 Å². The molecule has 17 heavy (non-hydrogen) atoms. The molecule has 1 aromatic rings. The topological polar surface area (TPSA) is 29.1 Å². The van der Waals surface area contributed by atoms with Gasteiger partial charge in [0.15, 0.2) is 0 Å². The molecule has 0 saturated carbocycles. The third-order valence-corrected chi connectivity index (χ3v) is 3.66. The van der Waals surface area contributed by atoms with Crippen LogP contribution in [0, 0.1) is 5.92 Å². The van der Waals surface area contributed by atoms with Gasteiger partial charge < -0.3 is 5.32 Å². The first-order chi connectivity index (χ1) is 8.03. The fourth-order valence-electron chi connectivity index (χ4n) is 2.59. The lowest BCUT2D eigenvalue weighted by Gasteiger charge is -2.37. The first kappa shape index (κ1) is 12.2. The zero-order valence-corrected chi connectivity index (χ0v) is 10.9. The summed E-state index contributed by atoms with van der Waals surface area (Å²) < 4.78 is 0. The zero-order valence-electron chi connectivity index (χ0n) is 10.9. The molecular formula is C15H21NO. The van der Waals surface area contributed by atoms with Gasteiger partial charge in [-0.15, -0.1) is 0 Å². The Morgan fingerprint density at radius 3 is 2.76 bits per heavy atom. The molecular weight excluding hydrogens is 210 g/mol. The van der Waals surface area contributed by atoms with Gasteiger partial charge in [0, 0.05) is 5.92 Å². The van der Waals surface area contributed by atoms with Crippen LogP contribution in [0.5, 0.6) is 0 Å². The van der Waals surface area contributed by atoms with E-state index in [4.69, 9.17) is 0 Å². The molecule has 2 heteroatoms. The molecule has 1 unspecified atom stereocenters. The van der Waals surface area contributed by atoms with Crippen LogP contribution in [0.1, 0.15) is 44.7 Å². The fraction of sp³-hybridized carbons (Fsp3) is 0.533. The van der Waals surface area contributed by atoms with Crippen molar-refractivity contribution in [1.82, 2.24) is 5.32 Å². The number of carbonyl (C=O) groups excluding carboxylic acids is 1. The molecule has 1 atom stereocenters. The molecule has 0 fully saturated rings. The highest BCUT2D eigenvalue weighted by atomic mass is 16.2. The Bertz CT molecular complexity index is 425. The van der Waals surface area contributed by atoms with Gasteiger partial charge in [0.1, 0.15) is 0 Å². The lowest BCUT2D eigenvalue weighted by molar-refractivity contribution is -0.126. The minimum atomic E-state index is -0.184. The number of aryl methyl sites for hydroxylation is 1. The minimum Gasteiger partial charge on any atom is -0.347 e. The largest absolute Gasteiger partial charge is 0.347 e. The monoisotopic (exact) mass is 231 g/mol. The quantitative estimate of drug-likeness (QED) is 0.833. The van der Waals surface area contributed by atoms with Crippen molar-refractivity contribution in [3.63, 3.8) is 0 Å². The molecule has 1 aliphatic rings. The SMILES string of the molecule is CC(C)C(=O)NC1(C)CCCc2ccccc21. The summed E-state index contributed by atoms with van der Waals surface area (Å²) in [6.45, 7) is 6.02. The van der Waals surface area contributed by atoms with E-state index in [0.29, 0.717) is 0 Å². The Morgan fingerprint density at radius 2 is 2.06 bits per heavy atom. The Hall–Kier alpha value is -1.31. The normalized spacial score (nSPS) is 23.3. The summed E-state index contributed by atoms with van der Waals surface area (Å²) in [6, 6.07) is 8.46. The maximum absolute atomic E-state index is 11.9. The van der Waals surface area contributed by atoms with Gasteiger partial charge in [-0.3, -0.25) is 4.79 Å². The molecule has 0 aromatic heterocycles. The van der Waals surface area contributed by atoms with E-state index in [1.807, 2.05) is 13.8 Å². The van der Waals surface area contributed by atoms with E-state index in [1.54, 1.807) is 0 Å². The first-order valence-corrected chi connectivity index (χ1v) is 6.43. The van der Waals surface area contributed by atoms with Crippen molar-refractivity contribution >= 4 is 5.91 Å². The summed E-state index contributed by atoms with van der Waals surface area (Å²) in [5.41, 5.74) is 2.49. The number of nitrogens with one attached hydrogen (secondary N) is 1. The molecule has 2 nitrogen and oxygen atoms in total. The molecule has 2 rings (SSSR count). The van der Waals surface area contributed by atoms with E-state index < -0.39 is 0 Å². The zero-order chi connectivity index (χ0) is 12.5. The van der Waals surface area contributed by atoms with Crippen molar-refractivity contribution in [3.8, 4) is 0 Å². The fourth-order valence-corrected chi connectivity index (χ4v) is 2.59. The molecule has 0 spiro atoms. The summed E-state index contributed by atoms with van der Waals surface area (Å²) >= 11 is 0. The number of amides is 1. The van der Waals surface area contributed by atoms with Gasteiger partial charge in [-0.1, -0.05) is 38.1 Å². The van der Waals surface area contributed by atoms with E-state index >= 15 is 0 Å². The van der Waals surface area contributed by atoms with E-state index in [9.17, 15) is 4.79 Å². The average Bonchev–Trinajstić information content (AvgIpc) is 2.29. The van der Waals surface area contributed by atoms with Crippen molar-refractivity contribution < 1.29 is 4.79 Å². The summed E-state index contributed by atoms with van der Waals surface area (Å²) in [4.78, 5) is 11.9. The van der Waals surface area contributed by atoms with E-state index in [1.165, 1.54) is 11.1 Å². The third kappa shape index (κ3) is 2.36. The van der Waals surface area contributed by atoms with Gasteiger partial charge in [0.2, 0.25) is 5.91 Å². The second kappa shape index (κ2) is 4.52. The van der Waals surface area contributed by atoms with Crippen LogP contribution in [0.4, 0.5) is 0 Å². The number of fused-ring (bicyclic) bond motifs is 1. The predicted molar refractivity (Wildman–Crippen MR) is 69.7 cm³/mol. The van der Waals surface area contributed by atoms with E-state index in [2.05, 4.69) is 36.5 Å². The van der Waals surface area contributed by atoms with Crippen LogP contribution in [0.25, 0.3) is 0 Å².